The van der Waals surface area contributed by atoms with E-state index in [0.29, 0.717) is 142 Å². The molecule has 26 heteroatoms. The third kappa shape index (κ3) is 22.3. The minimum absolute atomic E-state index is 0.0254. The molecule has 628 valence electrons. The van der Waals surface area contributed by atoms with Crippen LogP contribution in [-0.2, 0) is 50.4 Å². The van der Waals surface area contributed by atoms with Crippen LogP contribution in [0.2, 0.25) is 0 Å². The van der Waals surface area contributed by atoms with Gasteiger partial charge in [0.05, 0.1) is 74.5 Å². The van der Waals surface area contributed by atoms with Gasteiger partial charge in [-0.15, -0.1) is 0 Å². The van der Waals surface area contributed by atoms with Crippen LogP contribution in [0, 0.1) is 9.39 Å². The second kappa shape index (κ2) is 41.3. The first-order valence-electron chi connectivity index (χ1n) is 39.2. The van der Waals surface area contributed by atoms with E-state index in [2.05, 4.69) is 6.92 Å². The Morgan fingerprint density at radius 3 is 0.907 bits per heavy atom. The van der Waals surface area contributed by atoms with Crippen LogP contribution in [-0.4, -0.2) is 49.6 Å². The number of carbonyl (C=O) groups is 4. The summed E-state index contributed by atoms with van der Waals surface area (Å²) in [6, 6.07) is 39.1. The lowest BCUT2D eigenvalue weighted by atomic mass is 9.94. The van der Waals surface area contributed by atoms with Gasteiger partial charge in [0.25, 0.3) is 0 Å². The average Bonchev–Trinajstić information content (AvgIpc) is 1.55. The Morgan fingerprint density at radius 1 is 0.314 bits per heavy atom. The summed E-state index contributed by atoms with van der Waals surface area (Å²) in [5.74, 6) is -2.38. The van der Waals surface area contributed by atoms with E-state index < -0.39 is 81.4 Å². The van der Waals surface area contributed by atoms with Crippen molar-refractivity contribution in [3.63, 3.8) is 0 Å². The zero-order valence-electron chi connectivity index (χ0n) is 66.3. The highest BCUT2D eigenvalue weighted by Crippen LogP contribution is 2.48. The predicted molar refractivity (Wildman–Crippen MR) is 435 cm³/mol. The van der Waals surface area contributed by atoms with Crippen LogP contribution < -0.4 is 18.9 Å². The molecule has 12 aromatic rings. The van der Waals surface area contributed by atoms with Crippen molar-refractivity contribution in [1.29, 1.82) is 0 Å². The van der Waals surface area contributed by atoms with Gasteiger partial charge in [-0.3, -0.25) is 19.2 Å². The summed E-state index contributed by atoms with van der Waals surface area (Å²) in [7, 11) is 0. The van der Waals surface area contributed by atoms with Gasteiger partial charge in [0.1, 0.15) is 62.6 Å². The first-order valence-corrected chi connectivity index (χ1v) is 40.3. The van der Waals surface area contributed by atoms with Crippen LogP contribution in [0.25, 0.3) is 43.9 Å². The molecule has 0 saturated heterocycles. The van der Waals surface area contributed by atoms with Crippen LogP contribution in [0.3, 0.4) is 0 Å². The molecule has 0 fully saturated rings. The van der Waals surface area contributed by atoms with Crippen LogP contribution in [0.1, 0.15) is 241 Å². The first-order chi connectivity index (χ1) is 56.3. The van der Waals surface area contributed by atoms with Crippen molar-refractivity contribution in [2.75, 3.05) is 26.4 Å². The van der Waals surface area contributed by atoms with E-state index in [1.165, 1.54) is 30.3 Å². The highest BCUT2D eigenvalue weighted by Gasteiger charge is 2.45. The number of rotatable bonds is 32. The number of fused-ring (bicyclic) bond motifs is 4. The molecule has 0 aliphatic heterocycles. The van der Waals surface area contributed by atoms with Crippen LogP contribution in [0.15, 0.2) is 175 Å². The Hall–Kier alpha value is -10.4. The first kappa shape index (κ1) is 91.5. The molecule has 0 radical (unpaired) electrons. The third-order valence-electron chi connectivity index (χ3n) is 18.8. The molecular weight excluding hydrogens is 1670 g/mol. The van der Waals surface area contributed by atoms with E-state index in [9.17, 15) is 76.3 Å². The monoisotopic (exact) mass is 1760 g/mol. The summed E-state index contributed by atoms with van der Waals surface area (Å²) in [4.78, 5) is 53.1. The van der Waals surface area contributed by atoms with Crippen LogP contribution >= 0.6 is 22.6 Å². The average molecular weight is 1760 g/mol. The van der Waals surface area contributed by atoms with Gasteiger partial charge in [0.15, 0.2) is 34.7 Å². The molecule has 0 bridgehead atoms. The maximum absolute atomic E-state index is 14.3. The molecule has 8 aromatic carbocycles. The van der Waals surface area contributed by atoms with Crippen molar-refractivity contribution < 1.29 is 113 Å². The zero-order chi connectivity index (χ0) is 85.8. The number of hydrogen-bond donors (Lipinski definition) is 0. The smallest absolute Gasteiger partial charge is 0.420 e. The number of benzene rings is 8. The molecule has 4 aromatic heterocycles. The minimum atomic E-state index is -5.16. The number of furan rings is 4. The van der Waals surface area contributed by atoms with Crippen molar-refractivity contribution in [2.24, 2.45) is 0 Å². The fraction of sp³-hybridized carbons (Fsp3) is 0.348. The highest BCUT2D eigenvalue weighted by atomic mass is 127. The van der Waals surface area contributed by atoms with E-state index in [-0.39, 0.29) is 75.3 Å². The molecule has 0 saturated carbocycles. The van der Waals surface area contributed by atoms with Crippen LogP contribution in [0.4, 0.5) is 57.1 Å². The summed E-state index contributed by atoms with van der Waals surface area (Å²) < 4.78 is 223. The fourth-order valence-corrected chi connectivity index (χ4v) is 13.8. The molecule has 12 rings (SSSR count). The Bertz CT molecular complexity index is 5410. The second-order valence-electron chi connectivity index (χ2n) is 27.8. The number of hydrogen-bond acceptors (Lipinski definition) is 12. The second-order valence-corrected chi connectivity index (χ2v) is 29.0. The Kier molecular flexibility index (Phi) is 32.1. The summed E-state index contributed by atoms with van der Waals surface area (Å²) in [5.41, 5.74) is -2.34. The molecule has 0 unspecified atom stereocenters. The van der Waals surface area contributed by atoms with Crippen molar-refractivity contribution in [3.8, 4) is 23.0 Å². The quantitative estimate of drug-likeness (QED) is 0.0224. The van der Waals surface area contributed by atoms with E-state index in [4.69, 9.17) is 36.6 Å². The standard InChI is InChI=1S/C24H22F6O3.C23H22F3IO3.C23H23F3O3.C22H23FO3/c1-3-5-9-19-20(15-8-6-7-10-18(15)33-19)21(31)14-12-16(23(25,26)27)22(32-11-4-2)17(13-14)24(28,29)30;1-3-5-9-19-20(15-8-6-7-10-18(15)30-19)21(28)14-12-16(23(24,25)26)22(17(27)13-14)29-11-4-2;1-3-5-9-20-21(16-8-6-7-10-18(16)29-20)22(27)15-11-12-19(28-13-4-2)17(14-15)23(24,25)26;1-3-5-9-20-21(16-8-6-7-10-18(16)26-20)22(24)15-11-12-19(17(23)14-15)25-13-4-2/h6-8,10,12-13H,3-5,9,11H2,1-2H3;6-8,10,12-13H,3-5,9,11H2,1-2H3;6-8,10-12,14H,3-5,9,13H2,1-2H3;6-8,10-12,14H,3-5,9,13H2,1-2H3. The maximum Gasteiger partial charge on any atom is 0.420 e. The van der Waals surface area contributed by atoms with Crippen molar-refractivity contribution in [2.45, 2.75) is 183 Å². The lowest BCUT2D eigenvalue weighted by Crippen LogP contribution is -2.18. The SMILES string of the molecule is CCCCc1oc2ccccc2c1C(=O)c1cc(C(F)(F)F)c(OCCC)c(C(F)(F)F)c1.CCCCc1oc2ccccc2c1C(=O)c1cc(I)c(OCCC)c(C(F)(F)F)c1.CCCCc1oc2ccccc2c1C(=O)c1ccc(OCCC)c(C(F)(F)F)c1.CCCCc1oc2ccccc2c1C(=O)c1ccc(OCCC)c(F)c1. The fourth-order valence-electron chi connectivity index (χ4n) is 13.0. The maximum atomic E-state index is 14.3. The largest absolute Gasteiger partial charge is 0.493 e. The van der Waals surface area contributed by atoms with Gasteiger partial charge in [-0.25, -0.2) is 4.39 Å². The van der Waals surface area contributed by atoms with E-state index in [1.54, 1.807) is 108 Å². The van der Waals surface area contributed by atoms with Gasteiger partial charge in [-0.05, 0) is 159 Å². The number of unbranched alkanes of at least 4 members (excludes halogenated alkanes) is 4. The number of para-hydroxylation sites is 4. The molecule has 4 heterocycles. The molecule has 118 heavy (non-hydrogen) atoms. The Labute approximate surface area is 687 Å². The normalized spacial score (nSPS) is 11.8. The van der Waals surface area contributed by atoms with E-state index >= 15 is 0 Å². The number of ether oxygens (including phenoxy) is 4. The minimum Gasteiger partial charge on any atom is -0.493 e. The summed E-state index contributed by atoms with van der Waals surface area (Å²) in [6.45, 7) is 15.6. The number of alkyl halides is 12. The molecule has 12 nitrogen and oxygen atoms in total. The van der Waals surface area contributed by atoms with E-state index in [0.717, 1.165) is 68.9 Å². The number of aryl methyl sites for hydroxylation is 4. The molecule has 0 atom stereocenters. The Morgan fingerprint density at radius 2 is 0.585 bits per heavy atom. The van der Waals surface area contributed by atoms with Crippen molar-refractivity contribution in [1.82, 2.24) is 0 Å². The topological polar surface area (TPSA) is 158 Å². The molecule has 0 N–H and O–H groups in total. The lowest BCUT2D eigenvalue weighted by molar-refractivity contribution is -0.146. The predicted octanol–water partition coefficient (Wildman–Crippen LogP) is 28.0. The number of carbonyl (C=O) groups excluding carboxylic acids is 4. The van der Waals surface area contributed by atoms with Gasteiger partial charge in [-0.1, -0.05) is 154 Å². The van der Waals surface area contributed by atoms with Gasteiger partial charge in [0.2, 0.25) is 0 Å². The van der Waals surface area contributed by atoms with Crippen molar-refractivity contribution >= 4 is 89.6 Å². The van der Waals surface area contributed by atoms with Gasteiger partial charge in [-0.2, -0.15) is 52.7 Å². The molecular formula is C92H90F13IO12. The van der Waals surface area contributed by atoms with Gasteiger partial charge >= 0.3 is 24.7 Å². The molecule has 0 spiro atoms. The van der Waals surface area contributed by atoms with Gasteiger partial charge in [0, 0.05) is 69.5 Å². The lowest BCUT2D eigenvalue weighted by Gasteiger charge is -2.20. The zero-order valence-corrected chi connectivity index (χ0v) is 68.5. The van der Waals surface area contributed by atoms with Crippen LogP contribution in [0.5, 0.6) is 23.0 Å². The molecule has 0 aliphatic carbocycles. The Balaban J connectivity index is 0.000000180. The summed E-state index contributed by atoms with van der Waals surface area (Å²) in [5, 5.41) is 2.34. The van der Waals surface area contributed by atoms with Crippen molar-refractivity contribution in [3.05, 3.63) is 257 Å². The summed E-state index contributed by atoms with van der Waals surface area (Å²) >= 11 is 1.79. The molecule has 0 amide bonds. The number of halogens is 14. The van der Waals surface area contributed by atoms with Gasteiger partial charge < -0.3 is 36.6 Å². The highest BCUT2D eigenvalue weighted by molar-refractivity contribution is 14.1. The third-order valence-corrected chi connectivity index (χ3v) is 19.6. The summed E-state index contributed by atoms with van der Waals surface area (Å²) in [6.07, 6.45) is -8.55. The number of ketones is 4. The molecule has 0 aliphatic rings. The van der Waals surface area contributed by atoms with E-state index in [1.807, 2.05) is 65.8 Å².